The van der Waals surface area contributed by atoms with E-state index in [4.69, 9.17) is 5.73 Å². The second-order valence-corrected chi connectivity index (χ2v) is 12.4. The SMILES string of the molecule is CC(C)CCS(=O)(=O)NC(CC(=O)N1CCCC[C@@H]1C)(C(N)=O)[C@H](C)c1ncc(-c2ccc(F)cc2F)[nH]1. The van der Waals surface area contributed by atoms with Gasteiger partial charge in [-0.15, -0.1) is 0 Å². The molecule has 2 aromatic rings. The minimum atomic E-state index is -4.04. The Labute approximate surface area is 222 Å². The van der Waals surface area contributed by atoms with Gasteiger partial charge in [0.2, 0.25) is 21.8 Å². The van der Waals surface area contributed by atoms with E-state index in [2.05, 4.69) is 14.7 Å². The molecule has 1 aliphatic heterocycles. The number of imidazole rings is 1. The highest BCUT2D eigenvalue weighted by Gasteiger charge is 2.49. The monoisotopic (exact) mass is 553 g/mol. The molecule has 9 nitrogen and oxygen atoms in total. The smallest absolute Gasteiger partial charge is 0.240 e. The number of carbonyl (C=O) groups excluding carboxylic acids is 2. The number of rotatable bonds is 11. The van der Waals surface area contributed by atoms with Crippen LogP contribution in [-0.4, -0.2) is 59.0 Å². The van der Waals surface area contributed by atoms with Crippen LogP contribution in [0.15, 0.2) is 24.4 Å². The number of H-pyrrole nitrogens is 1. The standard InChI is InChI=1S/C26H37F2N5O4S/c1-16(2)10-12-38(36,37)32-26(25(29)35,14-23(34)33-11-6-5-7-17(33)3)18(4)24-30-15-22(31-24)20-9-8-19(27)13-21(20)28/h8-9,13,15-18,32H,5-7,10-12,14H2,1-4H3,(H2,29,35)(H,30,31)/t17-,18+,26?/m0/s1. The Morgan fingerprint density at radius 3 is 2.58 bits per heavy atom. The molecule has 0 aliphatic carbocycles. The van der Waals surface area contributed by atoms with Gasteiger partial charge < -0.3 is 15.6 Å². The number of aromatic nitrogens is 2. The molecular formula is C26H37F2N5O4S. The third kappa shape index (κ3) is 6.76. The molecule has 210 valence electrons. The van der Waals surface area contributed by atoms with Crippen LogP contribution in [-0.2, 0) is 19.6 Å². The van der Waals surface area contributed by atoms with E-state index in [9.17, 15) is 26.8 Å². The van der Waals surface area contributed by atoms with Gasteiger partial charge in [0, 0.05) is 30.1 Å². The zero-order valence-corrected chi connectivity index (χ0v) is 23.1. The molecule has 4 N–H and O–H groups in total. The molecule has 1 fully saturated rings. The van der Waals surface area contributed by atoms with E-state index in [0.29, 0.717) is 13.0 Å². The number of nitrogens with two attached hydrogens (primary N) is 1. The van der Waals surface area contributed by atoms with Gasteiger partial charge in [-0.1, -0.05) is 20.8 Å². The molecule has 1 saturated heterocycles. The molecule has 0 saturated carbocycles. The van der Waals surface area contributed by atoms with E-state index >= 15 is 0 Å². The van der Waals surface area contributed by atoms with Crippen molar-refractivity contribution in [2.75, 3.05) is 12.3 Å². The number of nitrogens with zero attached hydrogens (tertiary/aromatic N) is 2. The zero-order valence-electron chi connectivity index (χ0n) is 22.3. The largest absolute Gasteiger partial charge is 0.368 e. The molecule has 1 aromatic heterocycles. The molecule has 2 heterocycles. The highest BCUT2D eigenvalue weighted by molar-refractivity contribution is 7.89. The Balaban J connectivity index is 2.03. The molecule has 1 unspecified atom stereocenters. The molecule has 3 rings (SSSR count). The van der Waals surface area contributed by atoms with Gasteiger partial charge in [-0.05, 0) is 50.7 Å². The number of piperidine rings is 1. The van der Waals surface area contributed by atoms with Gasteiger partial charge in [0.15, 0.2) is 0 Å². The van der Waals surface area contributed by atoms with E-state index in [1.807, 2.05) is 20.8 Å². The van der Waals surface area contributed by atoms with Gasteiger partial charge >= 0.3 is 0 Å². The molecule has 2 amide bonds. The van der Waals surface area contributed by atoms with E-state index in [1.54, 1.807) is 4.90 Å². The van der Waals surface area contributed by atoms with Crippen molar-refractivity contribution >= 4 is 21.8 Å². The van der Waals surface area contributed by atoms with Gasteiger partial charge in [-0.25, -0.2) is 22.2 Å². The summed E-state index contributed by atoms with van der Waals surface area (Å²) in [6, 6.07) is 3.00. The molecule has 38 heavy (non-hydrogen) atoms. The Bertz CT molecular complexity index is 1270. The summed E-state index contributed by atoms with van der Waals surface area (Å²) >= 11 is 0. The van der Waals surface area contributed by atoms with Crippen LogP contribution in [0.2, 0.25) is 0 Å². The number of sulfonamides is 1. The minimum absolute atomic E-state index is 0.0396. The van der Waals surface area contributed by atoms with Gasteiger partial charge in [0.25, 0.3) is 0 Å². The van der Waals surface area contributed by atoms with Gasteiger partial charge in [0.1, 0.15) is 23.0 Å². The summed E-state index contributed by atoms with van der Waals surface area (Å²) in [5.74, 6) is -4.08. The predicted molar refractivity (Wildman–Crippen MR) is 140 cm³/mol. The lowest BCUT2D eigenvalue weighted by molar-refractivity contribution is -0.139. The van der Waals surface area contributed by atoms with Crippen molar-refractivity contribution < 1.29 is 26.8 Å². The number of nitrogens with one attached hydrogen (secondary N) is 2. The molecule has 0 radical (unpaired) electrons. The van der Waals surface area contributed by atoms with Crippen LogP contribution < -0.4 is 10.5 Å². The number of hydrogen-bond donors (Lipinski definition) is 3. The maximum atomic E-state index is 14.4. The topological polar surface area (TPSA) is 138 Å². The molecule has 1 aliphatic rings. The van der Waals surface area contributed by atoms with Crippen LogP contribution >= 0.6 is 0 Å². The minimum Gasteiger partial charge on any atom is -0.368 e. The van der Waals surface area contributed by atoms with Crippen molar-refractivity contribution in [3.05, 3.63) is 41.9 Å². The molecule has 3 atom stereocenters. The summed E-state index contributed by atoms with van der Waals surface area (Å²) in [7, 11) is -4.04. The van der Waals surface area contributed by atoms with Gasteiger partial charge in [-0.2, -0.15) is 4.72 Å². The summed E-state index contributed by atoms with van der Waals surface area (Å²) in [6.45, 7) is 7.69. The van der Waals surface area contributed by atoms with E-state index in [0.717, 1.165) is 31.4 Å². The zero-order chi connectivity index (χ0) is 28.3. The van der Waals surface area contributed by atoms with Crippen LogP contribution in [0.4, 0.5) is 8.78 Å². The van der Waals surface area contributed by atoms with Crippen molar-refractivity contribution in [1.29, 1.82) is 0 Å². The van der Waals surface area contributed by atoms with Crippen molar-refractivity contribution in [2.24, 2.45) is 11.7 Å². The van der Waals surface area contributed by atoms with Crippen LogP contribution in [0.5, 0.6) is 0 Å². The van der Waals surface area contributed by atoms with E-state index < -0.39 is 51.3 Å². The molecule has 1 aromatic carbocycles. The second kappa shape index (κ2) is 11.9. The van der Waals surface area contributed by atoms with Crippen molar-refractivity contribution in [3.8, 4) is 11.3 Å². The first-order valence-electron chi connectivity index (χ1n) is 12.9. The van der Waals surface area contributed by atoms with Crippen molar-refractivity contribution in [3.63, 3.8) is 0 Å². The Kier molecular flexibility index (Phi) is 9.30. The number of primary amides is 1. The Morgan fingerprint density at radius 2 is 1.97 bits per heavy atom. The number of likely N-dealkylation sites (tertiary alicyclic amines) is 1. The van der Waals surface area contributed by atoms with Crippen LogP contribution in [0.1, 0.15) is 71.5 Å². The van der Waals surface area contributed by atoms with Crippen molar-refractivity contribution in [1.82, 2.24) is 19.6 Å². The average Bonchev–Trinajstić information content (AvgIpc) is 3.31. The Hall–Kier alpha value is -2.86. The third-order valence-electron chi connectivity index (χ3n) is 7.26. The maximum absolute atomic E-state index is 14.4. The first kappa shape index (κ1) is 29.7. The van der Waals surface area contributed by atoms with Crippen LogP contribution in [0, 0.1) is 17.6 Å². The number of aromatic amines is 1. The lowest BCUT2D eigenvalue weighted by atomic mass is 9.81. The first-order valence-corrected chi connectivity index (χ1v) is 14.5. The fourth-order valence-electron chi connectivity index (χ4n) is 4.79. The molecular weight excluding hydrogens is 516 g/mol. The summed E-state index contributed by atoms with van der Waals surface area (Å²) in [6.07, 6.45) is 3.71. The summed E-state index contributed by atoms with van der Waals surface area (Å²) in [5.41, 5.74) is 4.06. The fourth-order valence-corrected chi connectivity index (χ4v) is 6.58. The lowest BCUT2D eigenvalue weighted by Crippen LogP contribution is -2.63. The van der Waals surface area contributed by atoms with E-state index in [-0.39, 0.29) is 34.8 Å². The number of halogens is 2. The molecule has 0 bridgehead atoms. The molecule has 12 heteroatoms. The van der Waals surface area contributed by atoms with Crippen molar-refractivity contribution in [2.45, 2.75) is 77.3 Å². The number of hydrogen-bond acceptors (Lipinski definition) is 5. The van der Waals surface area contributed by atoms with Crippen LogP contribution in [0.3, 0.4) is 0 Å². The lowest BCUT2D eigenvalue weighted by Gasteiger charge is -2.39. The quantitative estimate of drug-likeness (QED) is 0.391. The summed E-state index contributed by atoms with van der Waals surface area (Å²) in [4.78, 5) is 35.4. The Morgan fingerprint density at radius 1 is 1.26 bits per heavy atom. The highest BCUT2D eigenvalue weighted by Crippen LogP contribution is 2.34. The van der Waals surface area contributed by atoms with Gasteiger partial charge in [-0.3, -0.25) is 9.59 Å². The number of carbonyl (C=O) groups is 2. The maximum Gasteiger partial charge on any atom is 0.240 e. The fraction of sp³-hybridized carbons (Fsp3) is 0.577. The van der Waals surface area contributed by atoms with E-state index in [1.165, 1.54) is 19.2 Å². The van der Waals surface area contributed by atoms with Gasteiger partial charge in [0.05, 0.1) is 24.1 Å². The number of amides is 2. The predicted octanol–water partition coefficient (Wildman–Crippen LogP) is 3.44. The van der Waals surface area contributed by atoms with Crippen LogP contribution in [0.25, 0.3) is 11.3 Å². The third-order valence-corrected chi connectivity index (χ3v) is 8.71. The average molecular weight is 554 g/mol. The number of benzene rings is 1. The highest BCUT2D eigenvalue weighted by atomic mass is 32.2. The summed E-state index contributed by atoms with van der Waals surface area (Å²) < 4.78 is 56.6. The normalized spacial score (nSPS) is 18.8. The summed E-state index contributed by atoms with van der Waals surface area (Å²) in [5, 5.41) is 0. The first-order chi connectivity index (χ1) is 17.8. The molecule has 0 spiro atoms. The second-order valence-electron chi connectivity index (χ2n) is 10.6.